The van der Waals surface area contributed by atoms with Crippen LogP contribution in [0.3, 0.4) is 0 Å². The summed E-state index contributed by atoms with van der Waals surface area (Å²) in [6.07, 6.45) is 1.13. The molecular formula is C16H22N4O. The van der Waals surface area contributed by atoms with Gasteiger partial charge in [-0.3, -0.25) is 0 Å². The van der Waals surface area contributed by atoms with E-state index in [1.54, 1.807) is 0 Å². The molecule has 2 aromatic rings. The molecule has 1 unspecified atom stereocenters. The fourth-order valence-electron chi connectivity index (χ4n) is 1.97. The third-order valence-corrected chi connectivity index (χ3v) is 3.45. The van der Waals surface area contributed by atoms with Crippen LogP contribution in [0.4, 0.5) is 5.69 Å². The van der Waals surface area contributed by atoms with Crippen LogP contribution in [0.5, 0.6) is 0 Å². The van der Waals surface area contributed by atoms with Gasteiger partial charge in [0.25, 0.3) is 0 Å². The van der Waals surface area contributed by atoms with E-state index in [9.17, 15) is 0 Å². The maximum absolute atomic E-state index is 5.86. The molecule has 21 heavy (non-hydrogen) atoms. The molecule has 0 spiro atoms. The fraction of sp³-hybridized carbons (Fsp3) is 0.375. The van der Waals surface area contributed by atoms with Crippen LogP contribution in [0.25, 0.3) is 0 Å². The molecular weight excluding hydrogens is 264 g/mol. The average molecular weight is 286 g/mol. The highest BCUT2D eigenvalue weighted by Crippen LogP contribution is 2.20. The van der Waals surface area contributed by atoms with Crippen molar-refractivity contribution in [3.63, 3.8) is 0 Å². The van der Waals surface area contributed by atoms with Crippen molar-refractivity contribution in [2.45, 2.75) is 39.7 Å². The van der Waals surface area contributed by atoms with E-state index in [1.165, 1.54) is 5.56 Å². The van der Waals surface area contributed by atoms with Gasteiger partial charge in [-0.1, -0.05) is 31.1 Å². The number of anilines is 1. The molecule has 0 saturated carbocycles. The molecule has 0 aliphatic carbocycles. The predicted molar refractivity (Wildman–Crippen MR) is 85.3 cm³/mol. The normalized spacial score (nSPS) is 13.2. The van der Waals surface area contributed by atoms with Crippen molar-refractivity contribution < 1.29 is 4.52 Å². The van der Waals surface area contributed by atoms with Crippen molar-refractivity contribution >= 4 is 11.6 Å². The molecule has 0 amide bonds. The lowest BCUT2D eigenvalue weighted by molar-refractivity contribution is 0.381. The van der Waals surface area contributed by atoms with Gasteiger partial charge in [0, 0.05) is 11.8 Å². The zero-order chi connectivity index (χ0) is 15.2. The van der Waals surface area contributed by atoms with E-state index >= 15 is 0 Å². The van der Waals surface area contributed by atoms with Crippen molar-refractivity contribution in [2.75, 3.05) is 5.32 Å². The quantitative estimate of drug-likeness (QED) is 0.652. The molecule has 1 aromatic heterocycles. The Morgan fingerprint density at radius 1 is 1.38 bits per heavy atom. The molecule has 2 rings (SSSR count). The number of hydrogen-bond donors (Lipinski definition) is 2. The van der Waals surface area contributed by atoms with Gasteiger partial charge in [0.2, 0.25) is 0 Å². The number of nitrogens with two attached hydrogens (primary N) is 1. The summed E-state index contributed by atoms with van der Waals surface area (Å²) < 4.78 is 5.08. The lowest BCUT2D eigenvalue weighted by atomic mass is 9.99. The highest BCUT2D eigenvalue weighted by Gasteiger charge is 2.03. The number of aromatic nitrogens is 1. The Bertz CT molecular complexity index is 601. The second-order valence-electron chi connectivity index (χ2n) is 5.19. The average Bonchev–Trinajstić information content (AvgIpc) is 2.91. The maximum atomic E-state index is 5.86. The molecule has 0 bridgehead atoms. The Morgan fingerprint density at radius 2 is 2.10 bits per heavy atom. The summed E-state index contributed by atoms with van der Waals surface area (Å²) in [7, 11) is 0. The Labute approximate surface area is 125 Å². The van der Waals surface area contributed by atoms with Crippen molar-refractivity contribution in [1.29, 1.82) is 0 Å². The number of hydrogen-bond acceptors (Lipinski definition) is 3. The van der Waals surface area contributed by atoms with E-state index in [1.807, 2.05) is 25.1 Å². The van der Waals surface area contributed by atoms with Crippen LogP contribution in [-0.2, 0) is 6.54 Å². The number of guanidine groups is 1. The van der Waals surface area contributed by atoms with Gasteiger partial charge in [-0.25, -0.2) is 4.99 Å². The van der Waals surface area contributed by atoms with Crippen LogP contribution in [0, 0.1) is 6.92 Å². The summed E-state index contributed by atoms with van der Waals surface area (Å²) in [5.74, 6) is 1.63. The Hall–Kier alpha value is -2.30. The Morgan fingerprint density at radius 3 is 2.67 bits per heavy atom. The van der Waals surface area contributed by atoms with E-state index in [0.717, 1.165) is 17.8 Å². The molecule has 0 saturated heterocycles. The highest BCUT2D eigenvalue weighted by molar-refractivity contribution is 5.92. The molecule has 0 aliphatic rings. The monoisotopic (exact) mass is 286 g/mol. The van der Waals surface area contributed by atoms with Gasteiger partial charge in [-0.05, 0) is 37.0 Å². The third-order valence-electron chi connectivity index (χ3n) is 3.45. The number of aryl methyl sites for hydroxylation is 1. The van der Waals surface area contributed by atoms with Gasteiger partial charge in [0.1, 0.15) is 6.54 Å². The number of aliphatic imine (C=N–C) groups is 1. The second-order valence-corrected chi connectivity index (χ2v) is 5.19. The number of rotatable bonds is 5. The van der Waals surface area contributed by atoms with E-state index < -0.39 is 0 Å². The molecule has 1 heterocycles. The largest absolute Gasteiger partial charge is 0.370 e. The molecule has 3 N–H and O–H groups in total. The first-order valence-corrected chi connectivity index (χ1v) is 7.17. The van der Waals surface area contributed by atoms with Gasteiger partial charge in [-0.2, -0.15) is 0 Å². The molecule has 5 heteroatoms. The molecule has 1 aromatic carbocycles. The van der Waals surface area contributed by atoms with E-state index in [2.05, 4.69) is 41.4 Å². The standard InChI is InChI=1S/C16H22N4O/c1-4-11(2)13-5-7-14(8-6-13)19-16(17)18-10-15-9-12(3)20-21-15/h5-9,11H,4,10H2,1-3H3,(H3,17,18,19). The van der Waals surface area contributed by atoms with Gasteiger partial charge in [0.05, 0.1) is 5.69 Å². The predicted octanol–water partition coefficient (Wildman–Crippen LogP) is 3.42. The fourth-order valence-corrected chi connectivity index (χ4v) is 1.97. The second kappa shape index (κ2) is 6.92. The molecule has 1 atom stereocenters. The first-order chi connectivity index (χ1) is 10.1. The summed E-state index contributed by atoms with van der Waals surface area (Å²) in [5.41, 5.74) is 8.96. The van der Waals surface area contributed by atoms with Gasteiger partial charge < -0.3 is 15.6 Å². The lowest BCUT2D eigenvalue weighted by Gasteiger charge is -2.10. The lowest BCUT2D eigenvalue weighted by Crippen LogP contribution is -2.22. The zero-order valence-electron chi connectivity index (χ0n) is 12.8. The minimum absolute atomic E-state index is 0.361. The van der Waals surface area contributed by atoms with Crippen LogP contribution in [0.15, 0.2) is 39.8 Å². The van der Waals surface area contributed by atoms with Crippen LogP contribution in [-0.4, -0.2) is 11.1 Å². The summed E-state index contributed by atoms with van der Waals surface area (Å²) in [6.45, 7) is 6.66. The van der Waals surface area contributed by atoms with Crippen LogP contribution < -0.4 is 11.1 Å². The topological polar surface area (TPSA) is 76.4 Å². The smallest absolute Gasteiger partial charge is 0.193 e. The van der Waals surface area contributed by atoms with Crippen LogP contribution >= 0.6 is 0 Å². The summed E-state index contributed by atoms with van der Waals surface area (Å²) in [4.78, 5) is 4.23. The summed E-state index contributed by atoms with van der Waals surface area (Å²) in [6, 6.07) is 10.1. The number of nitrogens with one attached hydrogen (secondary N) is 1. The maximum Gasteiger partial charge on any atom is 0.193 e. The molecule has 0 radical (unpaired) electrons. The zero-order valence-corrected chi connectivity index (χ0v) is 12.8. The highest BCUT2D eigenvalue weighted by atomic mass is 16.5. The Kier molecular flexibility index (Phi) is 4.98. The van der Waals surface area contributed by atoms with Crippen molar-refractivity contribution in [1.82, 2.24) is 5.16 Å². The van der Waals surface area contributed by atoms with Crippen LogP contribution in [0.1, 0.15) is 43.2 Å². The van der Waals surface area contributed by atoms with E-state index in [-0.39, 0.29) is 0 Å². The van der Waals surface area contributed by atoms with Gasteiger partial charge >= 0.3 is 0 Å². The first-order valence-electron chi connectivity index (χ1n) is 7.17. The summed E-state index contributed by atoms with van der Waals surface area (Å²) in [5, 5.41) is 6.88. The van der Waals surface area contributed by atoms with Crippen LogP contribution in [0.2, 0.25) is 0 Å². The van der Waals surface area contributed by atoms with E-state index in [4.69, 9.17) is 10.3 Å². The third kappa shape index (κ3) is 4.34. The van der Waals surface area contributed by atoms with Crippen molar-refractivity contribution in [3.05, 3.63) is 47.3 Å². The number of nitrogens with zero attached hydrogens (tertiary/aromatic N) is 2. The van der Waals surface area contributed by atoms with Gasteiger partial charge in [0.15, 0.2) is 11.7 Å². The molecule has 5 nitrogen and oxygen atoms in total. The minimum Gasteiger partial charge on any atom is -0.370 e. The molecule has 0 fully saturated rings. The van der Waals surface area contributed by atoms with Crippen molar-refractivity contribution in [3.8, 4) is 0 Å². The van der Waals surface area contributed by atoms with E-state index in [0.29, 0.717) is 24.2 Å². The summed E-state index contributed by atoms with van der Waals surface area (Å²) >= 11 is 0. The van der Waals surface area contributed by atoms with Crippen molar-refractivity contribution in [2.24, 2.45) is 10.7 Å². The molecule has 112 valence electrons. The van der Waals surface area contributed by atoms with Gasteiger partial charge in [-0.15, -0.1) is 0 Å². The SMILES string of the molecule is CCC(C)c1ccc(NC(N)=NCc2cc(C)no2)cc1. The Balaban J connectivity index is 1.94. The number of benzene rings is 1. The molecule has 0 aliphatic heterocycles. The minimum atomic E-state index is 0.361. The first kappa shape index (κ1) is 15.1.